The summed E-state index contributed by atoms with van der Waals surface area (Å²) >= 11 is 6.28. The summed E-state index contributed by atoms with van der Waals surface area (Å²) in [7, 11) is 0. The summed E-state index contributed by atoms with van der Waals surface area (Å²) in [5.41, 5.74) is 8.45. The van der Waals surface area contributed by atoms with Crippen LogP contribution in [0.5, 0.6) is 0 Å². The highest BCUT2D eigenvalue weighted by molar-refractivity contribution is 6.33. The van der Waals surface area contributed by atoms with Gasteiger partial charge in [-0.25, -0.2) is 0 Å². The summed E-state index contributed by atoms with van der Waals surface area (Å²) in [6.45, 7) is 0.737. The highest BCUT2D eigenvalue weighted by Crippen LogP contribution is 2.44. The molecule has 2 nitrogen and oxygen atoms in total. The second-order valence-electron chi connectivity index (χ2n) is 4.48. The van der Waals surface area contributed by atoms with E-state index in [-0.39, 0.29) is 0 Å². The van der Waals surface area contributed by atoms with E-state index in [0.717, 1.165) is 18.0 Å². The summed E-state index contributed by atoms with van der Waals surface area (Å²) < 4.78 is 0. The lowest BCUT2D eigenvalue weighted by molar-refractivity contribution is 0.659. The number of benzene rings is 1. The molecule has 0 bridgehead atoms. The maximum Gasteiger partial charge on any atom is 0.0642 e. The van der Waals surface area contributed by atoms with Gasteiger partial charge in [0.15, 0.2) is 0 Å². The SMILES string of the molecule is NCC1CCC2Cc3cccc(Cl)c3N12. The van der Waals surface area contributed by atoms with Gasteiger partial charge in [0.25, 0.3) is 0 Å². The van der Waals surface area contributed by atoms with Crippen LogP contribution in [-0.4, -0.2) is 18.6 Å². The van der Waals surface area contributed by atoms with Gasteiger partial charge < -0.3 is 10.6 Å². The first kappa shape index (κ1) is 9.49. The summed E-state index contributed by atoms with van der Waals surface area (Å²) in [5.74, 6) is 0. The lowest BCUT2D eigenvalue weighted by Crippen LogP contribution is -2.38. The van der Waals surface area contributed by atoms with Crippen molar-refractivity contribution in [1.29, 1.82) is 0 Å². The topological polar surface area (TPSA) is 29.3 Å². The number of rotatable bonds is 1. The molecular formula is C12H15ClN2. The van der Waals surface area contributed by atoms with Crippen LogP contribution in [-0.2, 0) is 6.42 Å². The Morgan fingerprint density at radius 1 is 1.40 bits per heavy atom. The third kappa shape index (κ3) is 1.28. The van der Waals surface area contributed by atoms with E-state index in [2.05, 4.69) is 11.0 Å². The molecular weight excluding hydrogens is 208 g/mol. The van der Waals surface area contributed by atoms with E-state index in [1.54, 1.807) is 0 Å². The molecule has 0 aromatic heterocycles. The summed E-state index contributed by atoms with van der Waals surface area (Å²) in [6, 6.07) is 7.35. The zero-order chi connectivity index (χ0) is 10.4. The van der Waals surface area contributed by atoms with Crippen LogP contribution in [0, 0.1) is 0 Å². The maximum absolute atomic E-state index is 6.28. The van der Waals surface area contributed by atoms with Crippen molar-refractivity contribution in [1.82, 2.24) is 0 Å². The molecule has 2 unspecified atom stereocenters. The number of hydrogen-bond acceptors (Lipinski definition) is 2. The van der Waals surface area contributed by atoms with Crippen LogP contribution in [0.4, 0.5) is 5.69 Å². The Bertz CT molecular complexity index is 389. The third-order valence-corrected chi connectivity index (χ3v) is 3.98. The minimum atomic E-state index is 0.496. The Morgan fingerprint density at radius 3 is 3.07 bits per heavy atom. The van der Waals surface area contributed by atoms with Gasteiger partial charge in [-0.3, -0.25) is 0 Å². The van der Waals surface area contributed by atoms with Gasteiger partial charge in [0, 0.05) is 18.6 Å². The smallest absolute Gasteiger partial charge is 0.0642 e. The molecule has 2 heterocycles. The average Bonchev–Trinajstić information content (AvgIpc) is 2.75. The van der Waals surface area contributed by atoms with Gasteiger partial charge in [0.05, 0.1) is 10.7 Å². The van der Waals surface area contributed by atoms with Crippen molar-refractivity contribution >= 4 is 17.3 Å². The molecule has 0 radical (unpaired) electrons. The Kier molecular flexibility index (Phi) is 2.15. The van der Waals surface area contributed by atoms with Crippen LogP contribution < -0.4 is 10.6 Å². The van der Waals surface area contributed by atoms with Gasteiger partial charge in [0.2, 0.25) is 0 Å². The fourth-order valence-electron chi connectivity index (χ4n) is 3.03. The highest BCUT2D eigenvalue weighted by atomic mass is 35.5. The van der Waals surface area contributed by atoms with E-state index >= 15 is 0 Å². The monoisotopic (exact) mass is 222 g/mol. The van der Waals surface area contributed by atoms with Gasteiger partial charge in [0.1, 0.15) is 0 Å². The van der Waals surface area contributed by atoms with Gasteiger partial charge in [-0.05, 0) is 30.9 Å². The second kappa shape index (κ2) is 3.39. The van der Waals surface area contributed by atoms with Crippen molar-refractivity contribution < 1.29 is 0 Å². The number of halogens is 1. The number of nitrogens with zero attached hydrogens (tertiary/aromatic N) is 1. The minimum absolute atomic E-state index is 0.496. The first-order valence-electron chi connectivity index (χ1n) is 5.57. The van der Waals surface area contributed by atoms with Crippen LogP contribution in [0.3, 0.4) is 0 Å². The summed E-state index contributed by atoms with van der Waals surface area (Å²) in [4.78, 5) is 2.46. The highest BCUT2D eigenvalue weighted by Gasteiger charge is 2.39. The van der Waals surface area contributed by atoms with Crippen LogP contribution in [0.15, 0.2) is 18.2 Å². The molecule has 80 valence electrons. The van der Waals surface area contributed by atoms with E-state index in [1.807, 2.05) is 12.1 Å². The van der Waals surface area contributed by atoms with Crippen molar-refractivity contribution in [3.05, 3.63) is 28.8 Å². The zero-order valence-corrected chi connectivity index (χ0v) is 9.37. The van der Waals surface area contributed by atoms with Gasteiger partial charge in [-0.2, -0.15) is 0 Å². The molecule has 2 aliphatic rings. The summed E-state index contributed by atoms with van der Waals surface area (Å²) in [6.07, 6.45) is 3.62. The molecule has 1 aromatic rings. The Balaban J connectivity index is 2.07. The number of nitrogens with two attached hydrogens (primary N) is 1. The maximum atomic E-state index is 6.28. The molecule has 0 aliphatic carbocycles. The molecule has 2 N–H and O–H groups in total. The third-order valence-electron chi connectivity index (χ3n) is 3.68. The van der Waals surface area contributed by atoms with Crippen LogP contribution in [0.25, 0.3) is 0 Å². The van der Waals surface area contributed by atoms with E-state index in [0.29, 0.717) is 12.1 Å². The zero-order valence-electron chi connectivity index (χ0n) is 8.62. The van der Waals surface area contributed by atoms with E-state index in [4.69, 9.17) is 17.3 Å². The van der Waals surface area contributed by atoms with Crippen molar-refractivity contribution in [2.75, 3.05) is 11.4 Å². The Hall–Kier alpha value is -0.730. The fraction of sp³-hybridized carbons (Fsp3) is 0.500. The standard InChI is InChI=1S/C12H15ClN2/c13-11-3-1-2-8-6-9-4-5-10(7-14)15(9)12(8)11/h1-3,9-10H,4-7,14H2. The van der Waals surface area contributed by atoms with Crippen molar-refractivity contribution in [3.63, 3.8) is 0 Å². The second-order valence-corrected chi connectivity index (χ2v) is 4.89. The molecule has 1 aromatic carbocycles. The van der Waals surface area contributed by atoms with E-state index < -0.39 is 0 Å². The van der Waals surface area contributed by atoms with Crippen molar-refractivity contribution in [2.45, 2.75) is 31.3 Å². The summed E-state index contributed by atoms with van der Waals surface area (Å²) in [5, 5.41) is 0.885. The lowest BCUT2D eigenvalue weighted by Gasteiger charge is -2.27. The van der Waals surface area contributed by atoms with Gasteiger partial charge in [-0.15, -0.1) is 0 Å². The predicted molar refractivity (Wildman–Crippen MR) is 63.5 cm³/mol. The normalized spacial score (nSPS) is 28.0. The predicted octanol–water partition coefficient (Wildman–Crippen LogP) is 2.19. The van der Waals surface area contributed by atoms with Gasteiger partial charge in [-0.1, -0.05) is 23.7 Å². The first-order valence-corrected chi connectivity index (χ1v) is 5.95. The van der Waals surface area contributed by atoms with Crippen LogP contribution >= 0.6 is 11.6 Å². The fourth-order valence-corrected chi connectivity index (χ4v) is 3.32. The lowest BCUT2D eigenvalue weighted by atomic mass is 10.1. The first-order chi connectivity index (χ1) is 7.31. The van der Waals surface area contributed by atoms with E-state index in [9.17, 15) is 0 Å². The quantitative estimate of drug-likeness (QED) is 0.790. The van der Waals surface area contributed by atoms with Crippen LogP contribution in [0.2, 0.25) is 5.02 Å². The molecule has 1 saturated heterocycles. The largest absolute Gasteiger partial charge is 0.363 e. The number of anilines is 1. The van der Waals surface area contributed by atoms with Crippen molar-refractivity contribution in [2.24, 2.45) is 5.73 Å². The molecule has 1 fully saturated rings. The molecule has 0 amide bonds. The van der Waals surface area contributed by atoms with Crippen LogP contribution in [0.1, 0.15) is 18.4 Å². The Labute approximate surface area is 95.0 Å². The number of hydrogen-bond donors (Lipinski definition) is 1. The van der Waals surface area contributed by atoms with Gasteiger partial charge >= 0.3 is 0 Å². The molecule has 3 rings (SSSR count). The van der Waals surface area contributed by atoms with E-state index in [1.165, 1.54) is 24.1 Å². The molecule has 2 aliphatic heterocycles. The number of fused-ring (bicyclic) bond motifs is 3. The molecule has 15 heavy (non-hydrogen) atoms. The number of para-hydroxylation sites is 1. The average molecular weight is 223 g/mol. The molecule has 0 spiro atoms. The Morgan fingerprint density at radius 2 is 2.27 bits per heavy atom. The minimum Gasteiger partial charge on any atom is -0.363 e. The molecule has 3 heteroatoms. The molecule has 0 saturated carbocycles. The van der Waals surface area contributed by atoms with Crippen molar-refractivity contribution in [3.8, 4) is 0 Å². The molecule has 2 atom stereocenters.